The smallest absolute Gasteiger partial charge is 0.305 e. The minimum absolute atomic E-state index is 0.0133. The maximum Gasteiger partial charge on any atom is 0.305 e. The van der Waals surface area contributed by atoms with Gasteiger partial charge in [0.15, 0.2) is 11.6 Å². The molecule has 0 spiro atoms. The van der Waals surface area contributed by atoms with Gasteiger partial charge in [-0.1, -0.05) is 48.9 Å². The van der Waals surface area contributed by atoms with Crippen LogP contribution in [0.1, 0.15) is 120 Å². The van der Waals surface area contributed by atoms with Crippen molar-refractivity contribution in [3.8, 4) is 11.6 Å². The second-order valence-corrected chi connectivity index (χ2v) is 17.7. The van der Waals surface area contributed by atoms with E-state index in [1.54, 1.807) is 58.7 Å². The molecule has 2 aliphatic carbocycles. The summed E-state index contributed by atoms with van der Waals surface area (Å²) in [5.41, 5.74) is 5.74. The predicted molar refractivity (Wildman–Crippen MR) is 257 cm³/mol. The second-order valence-electron chi connectivity index (χ2n) is 16.9. The normalized spacial score (nSPS) is 14.6. The highest BCUT2D eigenvalue weighted by Crippen LogP contribution is 2.39. The minimum atomic E-state index is -0.953. The number of amides is 2. The molecule has 20 heteroatoms. The molecular formula is C48H54Cl2N12O6. The first kappa shape index (κ1) is 49.0. The summed E-state index contributed by atoms with van der Waals surface area (Å²) < 4.78 is 3.30. The van der Waals surface area contributed by atoms with Crippen LogP contribution in [-0.4, -0.2) is 86.6 Å². The zero-order valence-corrected chi connectivity index (χ0v) is 39.3. The molecule has 6 aromatic rings. The first-order chi connectivity index (χ1) is 32.8. The maximum absolute atomic E-state index is 12.2. The van der Waals surface area contributed by atoms with E-state index in [-0.39, 0.29) is 49.8 Å². The fourth-order valence-electron chi connectivity index (χ4n) is 8.35. The predicted octanol–water partition coefficient (Wildman–Crippen LogP) is 8.34. The van der Waals surface area contributed by atoms with Gasteiger partial charge in [-0.05, 0) is 99.9 Å². The highest BCUT2D eigenvalue weighted by Gasteiger charge is 2.29. The van der Waals surface area contributed by atoms with Crippen molar-refractivity contribution in [1.82, 2.24) is 50.1 Å². The average molecular weight is 966 g/mol. The van der Waals surface area contributed by atoms with E-state index in [0.29, 0.717) is 44.6 Å². The monoisotopic (exact) mass is 964 g/mol. The van der Waals surface area contributed by atoms with Crippen molar-refractivity contribution in [2.24, 2.45) is 11.8 Å². The Balaban J connectivity index is 0.000000201. The quantitative estimate of drug-likeness (QED) is 0.0474. The van der Waals surface area contributed by atoms with Gasteiger partial charge in [0.2, 0.25) is 0 Å². The van der Waals surface area contributed by atoms with E-state index in [2.05, 4.69) is 51.4 Å². The van der Waals surface area contributed by atoms with E-state index < -0.39 is 11.9 Å². The number of nitrogens with zero attached hydrogens (tertiary/aromatic N) is 8. The van der Waals surface area contributed by atoms with Crippen LogP contribution in [0.4, 0.5) is 11.4 Å². The van der Waals surface area contributed by atoms with E-state index in [1.165, 1.54) is 25.7 Å². The number of aromatic nitrogens is 8. The summed E-state index contributed by atoms with van der Waals surface area (Å²) in [7, 11) is 0. The third-order valence-corrected chi connectivity index (χ3v) is 12.8. The van der Waals surface area contributed by atoms with Crippen molar-refractivity contribution in [3.05, 3.63) is 130 Å². The lowest BCUT2D eigenvalue weighted by Crippen LogP contribution is -2.26. The molecular weight excluding hydrogens is 912 g/mol. The largest absolute Gasteiger partial charge is 0.481 e. The minimum Gasteiger partial charge on any atom is -0.481 e. The van der Waals surface area contributed by atoms with Crippen LogP contribution in [0.25, 0.3) is 11.6 Å². The number of hydrogen-bond donors (Lipinski definition) is 6. The molecule has 8 rings (SSSR count). The summed E-state index contributed by atoms with van der Waals surface area (Å²) >= 11 is 12.2. The lowest BCUT2D eigenvalue weighted by molar-refractivity contribution is -0.137. The van der Waals surface area contributed by atoms with E-state index in [4.69, 9.17) is 33.4 Å². The van der Waals surface area contributed by atoms with Gasteiger partial charge in [0.25, 0.3) is 11.8 Å². The van der Waals surface area contributed by atoms with Crippen LogP contribution < -0.4 is 21.3 Å². The lowest BCUT2D eigenvalue weighted by atomic mass is 9.94. The average Bonchev–Trinajstić information content (AvgIpc) is 4.18. The second kappa shape index (κ2) is 23.2. The first-order valence-electron chi connectivity index (χ1n) is 22.6. The molecule has 2 atom stereocenters. The Labute approximate surface area is 403 Å². The van der Waals surface area contributed by atoms with Crippen LogP contribution in [0.5, 0.6) is 0 Å². The molecule has 0 bridgehead atoms. The summed E-state index contributed by atoms with van der Waals surface area (Å²) in [6.45, 7) is 3.85. The third kappa shape index (κ3) is 13.2. The Hall–Kier alpha value is -6.92. The van der Waals surface area contributed by atoms with Crippen molar-refractivity contribution in [1.29, 1.82) is 0 Å². The molecule has 6 heterocycles. The zero-order valence-electron chi connectivity index (χ0n) is 37.7. The van der Waals surface area contributed by atoms with Gasteiger partial charge in [0.05, 0.1) is 105 Å². The van der Waals surface area contributed by atoms with Crippen LogP contribution in [0.2, 0.25) is 10.0 Å². The fourth-order valence-corrected chi connectivity index (χ4v) is 8.61. The maximum atomic E-state index is 12.2. The van der Waals surface area contributed by atoms with E-state index in [0.717, 1.165) is 59.8 Å². The van der Waals surface area contributed by atoms with Crippen LogP contribution in [0, 0.1) is 25.7 Å². The van der Waals surface area contributed by atoms with Crippen LogP contribution in [-0.2, 0) is 9.59 Å². The number of hydrogen-bond acceptors (Lipinski definition) is 12. The van der Waals surface area contributed by atoms with E-state index in [9.17, 15) is 19.2 Å². The van der Waals surface area contributed by atoms with Crippen LogP contribution >= 0.6 is 23.2 Å². The van der Waals surface area contributed by atoms with Gasteiger partial charge in [-0.15, -0.1) is 0 Å². The standard InChI is InChI=1S/2C24H27ClN6O3/c2*1-15-19(25)14-31(30-15)21-9-7-18(13-28-21)29-23(16-4-2-3-5-16)20-8-6-17(12-27-20)24(34)26-11-10-22(32)33/h2*6-9,12-14,16,23,29H,2-5,10-11H2,1H3,(H,26,34)(H,32,33)/t2*23-/m10/s1. The molecule has 2 aliphatic rings. The van der Waals surface area contributed by atoms with Crippen molar-refractivity contribution in [2.45, 2.75) is 90.1 Å². The van der Waals surface area contributed by atoms with E-state index in [1.807, 2.05) is 50.2 Å². The number of carbonyl (C=O) groups is 4. The van der Waals surface area contributed by atoms with Gasteiger partial charge < -0.3 is 31.5 Å². The Morgan fingerprint density at radius 2 is 0.985 bits per heavy atom. The molecule has 0 radical (unpaired) electrons. The molecule has 6 aromatic heterocycles. The number of aliphatic carboxylic acids is 2. The van der Waals surface area contributed by atoms with Gasteiger partial charge >= 0.3 is 11.9 Å². The summed E-state index contributed by atoms with van der Waals surface area (Å²) in [4.78, 5) is 63.9. The summed E-state index contributed by atoms with van der Waals surface area (Å²) in [6.07, 6.45) is 19.0. The highest BCUT2D eigenvalue weighted by atomic mass is 35.5. The van der Waals surface area contributed by atoms with Crippen molar-refractivity contribution < 1.29 is 29.4 Å². The molecule has 0 unspecified atom stereocenters. The highest BCUT2D eigenvalue weighted by molar-refractivity contribution is 6.31. The molecule has 18 nitrogen and oxygen atoms in total. The fraction of sp³-hybridized carbons (Fsp3) is 0.375. The molecule has 0 aliphatic heterocycles. The Morgan fingerprint density at radius 3 is 1.28 bits per heavy atom. The molecule has 356 valence electrons. The zero-order chi connectivity index (χ0) is 48.2. The molecule has 0 aromatic carbocycles. The van der Waals surface area contributed by atoms with Gasteiger partial charge in [-0.2, -0.15) is 10.2 Å². The van der Waals surface area contributed by atoms with Crippen molar-refractivity contribution in [2.75, 3.05) is 23.7 Å². The molecule has 2 fully saturated rings. The van der Waals surface area contributed by atoms with Gasteiger partial charge in [0.1, 0.15) is 0 Å². The van der Waals surface area contributed by atoms with Gasteiger partial charge in [-0.3, -0.25) is 29.1 Å². The Morgan fingerprint density at radius 1 is 0.588 bits per heavy atom. The molecule has 2 amide bonds. The van der Waals surface area contributed by atoms with Gasteiger partial charge in [0, 0.05) is 25.5 Å². The third-order valence-electron chi connectivity index (χ3n) is 12.0. The van der Waals surface area contributed by atoms with Crippen molar-refractivity contribution >= 4 is 58.3 Å². The molecule has 68 heavy (non-hydrogen) atoms. The number of halogens is 2. The number of carboxylic acids is 2. The van der Waals surface area contributed by atoms with Crippen LogP contribution in [0.3, 0.4) is 0 Å². The molecule has 6 N–H and O–H groups in total. The number of carbonyl (C=O) groups excluding carboxylic acids is 2. The SMILES string of the molecule is Cc1nn(-c2ccc(N[C@@H](c3ccc(C(=O)NCCC(=O)O)cn3)C3CCCC3)cn2)cc1Cl.Cc1nn(-c2ccc(N[C@H](c3ccc(C(=O)NCCC(=O)O)cn3)C3CCCC3)cn2)cc1Cl. The van der Waals surface area contributed by atoms with Crippen LogP contribution in [0.15, 0.2) is 85.7 Å². The number of carboxylic acid groups (broad SMARTS) is 2. The summed E-state index contributed by atoms with van der Waals surface area (Å²) in [6, 6.07) is 14.8. The Kier molecular flexibility index (Phi) is 16.7. The molecule has 2 saturated carbocycles. The van der Waals surface area contributed by atoms with Gasteiger partial charge in [-0.25, -0.2) is 19.3 Å². The van der Waals surface area contributed by atoms with Crippen molar-refractivity contribution in [3.63, 3.8) is 0 Å². The Bertz CT molecular complexity index is 2430. The number of aryl methyl sites for hydroxylation is 2. The molecule has 0 saturated heterocycles. The number of rotatable bonds is 18. The summed E-state index contributed by atoms with van der Waals surface area (Å²) in [5, 5.41) is 39.7. The number of nitrogens with one attached hydrogen (secondary N) is 4. The summed E-state index contributed by atoms with van der Waals surface area (Å²) in [5.74, 6) is -0.372. The number of pyridine rings is 4. The lowest BCUT2D eigenvalue weighted by Gasteiger charge is -2.25. The topological polar surface area (TPSA) is 244 Å². The first-order valence-corrected chi connectivity index (χ1v) is 23.4. The van der Waals surface area contributed by atoms with E-state index >= 15 is 0 Å². The number of anilines is 2.